The first kappa shape index (κ1) is 13.5. The van der Waals surface area contributed by atoms with Crippen LogP contribution in [-0.4, -0.2) is 48.9 Å². The maximum atomic E-state index is 12.2. The number of rotatable bonds is 2. The third kappa shape index (κ3) is 2.31. The average molecular weight is 265 g/mol. The van der Waals surface area contributed by atoms with Crippen molar-refractivity contribution in [3.05, 3.63) is 0 Å². The van der Waals surface area contributed by atoms with Crippen LogP contribution in [0.25, 0.3) is 0 Å². The summed E-state index contributed by atoms with van der Waals surface area (Å²) < 4.78 is 5.14. The fraction of sp³-hybridized carbons (Fsp3) is 0.667. The Morgan fingerprint density at radius 3 is 2.58 bits per heavy atom. The van der Waals surface area contributed by atoms with Crippen molar-refractivity contribution in [2.45, 2.75) is 25.3 Å². The lowest BCUT2D eigenvalue weighted by atomic mass is 9.80. The first-order valence-corrected chi connectivity index (χ1v) is 6.10. The number of carbonyl (C=O) groups excluding carboxylic acids is 3. The largest absolute Gasteiger partial charge is 0.381 e. The molecular formula is C12H15N3O4. The van der Waals surface area contributed by atoms with E-state index in [4.69, 9.17) is 4.74 Å². The molecule has 0 radical (unpaired) electrons. The highest BCUT2D eigenvalue weighted by Gasteiger charge is 2.44. The highest BCUT2D eigenvalue weighted by atomic mass is 16.5. The number of imide groups is 1. The molecule has 102 valence electrons. The minimum atomic E-state index is -1.15. The van der Waals surface area contributed by atoms with E-state index in [-0.39, 0.29) is 12.3 Å². The van der Waals surface area contributed by atoms with Crippen molar-refractivity contribution in [1.29, 1.82) is 5.26 Å². The Morgan fingerprint density at radius 1 is 1.47 bits per heavy atom. The molecule has 1 N–H and O–H groups in total. The molecule has 2 fully saturated rings. The monoisotopic (exact) mass is 265 g/mol. The molecule has 2 aliphatic heterocycles. The molecule has 0 bridgehead atoms. The molecule has 2 heterocycles. The number of likely N-dealkylation sites (N-methyl/N-ethyl adjacent to an activating group) is 1. The normalized spacial score (nSPS) is 26.1. The van der Waals surface area contributed by atoms with Gasteiger partial charge in [-0.3, -0.25) is 19.3 Å². The lowest BCUT2D eigenvalue weighted by Crippen LogP contribution is -2.49. The van der Waals surface area contributed by atoms with Gasteiger partial charge < -0.3 is 10.1 Å². The van der Waals surface area contributed by atoms with E-state index in [1.54, 1.807) is 0 Å². The van der Waals surface area contributed by atoms with Gasteiger partial charge in [0.1, 0.15) is 11.5 Å². The van der Waals surface area contributed by atoms with Gasteiger partial charge in [0.2, 0.25) is 11.8 Å². The van der Waals surface area contributed by atoms with Crippen LogP contribution in [0.15, 0.2) is 0 Å². The molecular weight excluding hydrogens is 250 g/mol. The molecule has 3 amide bonds. The molecule has 19 heavy (non-hydrogen) atoms. The highest BCUT2D eigenvalue weighted by Crippen LogP contribution is 2.30. The van der Waals surface area contributed by atoms with Gasteiger partial charge in [0, 0.05) is 20.3 Å². The van der Waals surface area contributed by atoms with E-state index in [9.17, 15) is 19.6 Å². The second-order valence-corrected chi connectivity index (χ2v) is 4.83. The number of ether oxygens (including phenoxy) is 1. The van der Waals surface area contributed by atoms with E-state index in [1.807, 2.05) is 6.07 Å². The number of hydrogen-bond acceptors (Lipinski definition) is 5. The molecule has 1 atom stereocenters. The predicted molar refractivity (Wildman–Crippen MR) is 62.4 cm³/mol. The zero-order valence-electron chi connectivity index (χ0n) is 10.6. The number of carbonyl (C=O) groups is 3. The van der Waals surface area contributed by atoms with Crippen LogP contribution in [0.4, 0.5) is 0 Å². The summed E-state index contributed by atoms with van der Waals surface area (Å²) in [5.74, 6) is -1.24. The molecule has 0 aromatic rings. The Labute approximate surface area is 110 Å². The minimum absolute atomic E-state index is 0.0426. The molecule has 2 saturated heterocycles. The summed E-state index contributed by atoms with van der Waals surface area (Å²) >= 11 is 0. The lowest BCUT2D eigenvalue weighted by Gasteiger charge is -2.30. The van der Waals surface area contributed by atoms with Crippen LogP contribution in [0.5, 0.6) is 0 Å². The number of likely N-dealkylation sites (tertiary alicyclic amines) is 1. The van der Waals surface area contributed by atoms with Crippen LogP contribution < -0.4 is 5.32 Å². The molecule has 0 aromatic heterocycles. The minimum Gasteiger partial charge on any atom is -0.381 e. The number of amides is 3. The third-order valence-electron chi connectivity index (χ3n) is 3.68. The summed E-state index contributed by atoms with van der Waals surface area (Å²) in [5, 5.41) is 11.7. The standard InChI is InChI=1S/C12H15N3O4/c1-15-9(16)6-8(10(15)17)14-11(18)12(7-13)2-4-19-5-3-12/h8H,2-6H2,1H3,(H,14,18). The fourth-order valence-electron chi connectivity index (χ4n) is 2.27. The van der Waals surface area contributed by atoms with E-state index < -0.39 is 23.3 Å². The van der Waals surface area contributed by atoms with Crippen LogP contribution in [0.3, 0.4) is 0 Å². The highest BCUT2D eigenvalue weighted by molar-refractivity contribution is 6.07. The van der Waals surface area contributed by atoms with Crippen LogP contribution in [0.1, 0.15) is 19.3 Å². The van der Waals surface area contributed by atoms with Crippen LogP contribution in [0, 0.1) is 16.7 Å². The molecule has 7 nitrogen and oxygen atoms in total. The Hall–Kier alpha value is -1.94. The van der Waals surface area contributed by atoms with Crippen molar-refractivity contribution in [3.8, 4) is 6.07 Å². The third-order valence-corrected chi connectivity index (χ3v) is 3.68. The van der Waals surface area contributed by atoms with Crippen LogP contribution in [-0.2, 0) is 19.1 Å². The quantitative estimate of drug-likeness (QED) is 0.658. The van der Waals surface area contributed by atoms with Gasteiger partial charge in [-0.25, -0.2) is 0 Å². The Morgan fingerprint density at radius 2 is 2.11 bits per heavy atom. The van der Waals surface area contributed by atoms with Gasteiger partial charge in [0.05, 0.1) is 12.5 Å². The van der Waals surface area contributed by atoms with E-state index in [0.717, 1.165) is 4.90 Å². The summed E-state index contributed by atoms with van der Waals surface area (Å²) in [5.41, 5.74) is -1.15. The maximum Gasteiger partial charge on any atom is 0.252 e. The van der Waals surface area contributed by atoms with Gasteiger partial charge in [-0.05, 0) is 12.8 Å². The van der Waals surface area contributed by atoms with E-state index in [1.165, 1.54) is 7.05 Å². The van der Waals surface area contributed by atoms with E-state index in [0.29, 0.717) is 26.1 Å². The first-order valence-electron chi connectivity index (χ1n) is 6.10. The number of nitrogens with zero attached hydrogens (tertiary/aromatic N) is 2. The zero-order chi connectivity index (χ0) is 14.0. The summed E-state index contributed by atoms with van der Waals surface area (Å²) in [6, 6.07) is 1.18. The lowest BCUT2D eigenvalue weighted by molar-refractivity contribution is -0.140. The molecule has 0 aliphatic carbocycles. The van der Waals surface area contributed by atoms with Crippen LogP contribution in [0.2, 0.25) is 0 Å². The first-order chi connectivity index (χ1) is 9.00. The van der Waals surface area contributed by atoms with E-state index in [2.05, 4.69) is 5.32 Å². The van der Waals surface area contributed by atoms with Crippen molar-refractivity contribution in [2.24, 2.45) is 5.41 Å². The number of nitrogens with one attached hydrogen (secondary N) is 1. The molecule has 0 spiro atoms. The van der Waals surface area contributed by atoms with Gasteiger partial charge in [0.25, 0.3) is 5.91 Å². The van der Waals surface area contributed by atoms with Crippen molar-refractivity contribution in [2.75, 3.05) is 20.3 Å². The molecule has 2 aliphatic rings. The Balaban J connectivity index is 2.07. The van der Waals surface area contributed by atoms with Crippen molar-refractivity contribution >= 4 is 17.7 Å². The smallest absolute Gasteiger partial charge is 0.252 e. The van der Waals surface area contributed by atoms with Gasteiger partial charge in [0.15, 0.2) is 0 Å². The zero-order valence-corrected chi connectivity index (χ0v) is 10.6. The topological polar surface area (TPSA) is 99.5 Å². The van der Waals surface area contributed by atoms with Gasteiger partial charge >= 0.3 is 0 Å². The predicted octanol–water partition coefficient (Wildman–Crippen LogP) is -0.820. The Bertz CT molecular complexity index is 462. The maximum absolute atomic E-state index is 12.2. The molecule has 7 heteroatoms. The van der Waals surface area contributed by atoms with Crippen molar-refractivity contribution in [1.82, 2.24) is 10.2 Å². The van der Waals surface area contributed by atoms with Crippen LogP contribution >= 0.6 is 0 Å². The summed E-state index contributed by atoms with van der Waals surface area (Å²) in [6.45, 7) is 0.691. The second kappa shape index (κ2) is 4.97. The SMILES string of the molecule is CN1C(=O)CC(NC(=O)C2(C#N)CCOCC2)C1=O. The Kier molecular flexibility index (Phi) is 3.53. The molecule has 1 unspecified atom stereocenters. The molecule has 0 aromatic carbocycles. The van der Waals surface area contributed by atoms with E-state index >= 15 is 0 Å². The molecule has 0 saturated carbocycles. The number of hydrogen-bond donors (Lipinski definition) is 1. The summed E-state index contributed by atoms with van der Waals surface area (Å²) in [7, 11) is 1.38. The van der Waals surface area contributed by atoms with Crippen molar-refractivity contribution in [3.63, 3.8) is 0 Å². The second-order valence-electron chi connectivity index (χ2n) is 4.83. The average Bonchev–Trinajstić information content (AvgIpc) is 2.67. The van der Waals surface area contributed by atoms with Gasteiger partial charge in [-0.15, -0.1) is 0 Å². The summed E-state index contributed by atoms with van der Waals surface area (Å²) in [4.78, 5) is 36.3. The molecule has 2 rings (SSSR count). The van der Waals surface area contributed by atoms with Gasteiger partial charge in [-0.2, -0.15) is 5.26 Å². The summed E-state index contributed by atoms with van der Waals surface area (Å²) in [6.07, 6.45) is 0.569. The van der Waals surface area contributed by atoms with Gasteiger partial charge in [-0.1, -0.05) is 0 Å². The fourth-order valence-corrected chi connectivity index (χ4v) is 2.27. The number of nitriles is 1. The van der Waals surface area contributed by atoms with Crippen molar-refractivity contribution < 1.29 is 19.1 Å².